The summed E-state index contributed by atoms with van der Waals surface area (Å²) in [6, 6.07) is 0. The van der Waals surface area contributed by atoms with Gasteiger partial charge in [0, 0.05) is 6.42 Å². The van der Waals surface area contributed by atoms with Crippen molar-refractivity contribution in [2.45, 2.75) is 26.2 Å². The molecule has 1 saturated heterocycles. The summed E-state index contributed by atoms with van der Waals surface area (Å²) in [5, 5.41) is 11.3. The summed E-state index contributed by atoms with van der Waals surface area (Å²) in [7, 11) is 0. The van der Waals surface area contributed by atoms with Crippen molar-refractivity contribution in [1.29, 1.82) is 0 Å². The molecule has 0 saturated carbocycles. The average Bonchev–Trinajstić information content (AvgIpc) is 2.76. The molecule has 1 aliphatic heterocycles. The van der Waals surface area contributed by atoms with E-state index in [1.807, 2.05) is 6.92 Å². The van der Waals surface area contributed by atoms with Crippen molar-refractivity contribution in [3.05, 3.63) is 5.82 Å². The van der Waals surface area contributed by atoms with Gasteiger partial charge in [-0.15, -0.1) is 5.10 Å². The van der Waals surface area contributed by atoms with Crippen LogP contribution in [0.5, 0.6) is 0 Å². The first kappa shape index (κ1) is 8.58. The molecule has 0 bridgehead atoms. The highest BCUT2D eigenvalue weighted by Crippen LogP contribution is 2.06. The van der Waals surface area contributed by atoms with Gasteiger partial charge in [0.05, 0.1) is 19.8 Å². The third-order valence-electron chi connectivity index (χ3n) is 1.94. The van der Waals surface area contributed by atoms with Gasteiger partial charge in [-0.2, -0.15) is 0 Å². The fourth-order valence-corrected chi connectivity index (χ4v) is 1.27. The normalized spacial score (nSPS) is 18.2. The highest BCUT2D eigenvalue weighted by atomic mass is 16.7. The number of nitrogens with zero attached hydrogens (tertiary/aromatic N) is 4. The van der Waals surface area contributed by atoms with Crippen LogP contribution in [0, 0.1) is 0 Å². The second-order valence-corrected chi connectivity index (χ2v) is 2.80. The predicted octanol–water partition coefficient (Wildman–Crippen LogP) is -0.392. The molecular weight excluding hydrogens is 172 g/mol. The lowest BCUT2D eigenvalue weighted by atomic mass is 10.4. The smallest absolute Gasteiger partial charge is 0.177 e. The first-order chi connectivity index (χ1) is 6.40. The fourth-order valence-electron chi connectivity index (χ4n) is 1.27. The summed E-state index contributed by atoms with van der Waals surface area (Å²) >= 11 is 0. The topological polar surface area (TPSA) is 62.1 Å². The van der Waals surface area contributed by atoms with E-state index >= 15 is 0 Å². The second kappa shape index (κ2) is 3.80. The van der Waals surface area contributed by atoms with Gasteiger partial charge in [-0.25, -0.2) is 4.68 Å². The summed E-state index contributed by atoms with van der Waals surface area (Å²) < 4.78 is 12.3. The Morgan fingerprint density at radius 2 is 2.23 bits per heavy atom. The zero-order valence-corrected chi connectivity index (χ0v) is 7.51. The number of ether oxygens (including phenoxy) is 2. The maximum Gasteiger partial charge on any atom is 0.177 e. The van der Waals surface area contributed by atoms with Crippen LogP contribution in [0.4, 0.5) is 0 Å². The van der Waals surface area contributed by atoms with Crippen LogP contribution in [0.1, 0.15) is 12.7 Å². The Balaban J connectivity index is 1.99. The van der Waals surface area contributed by atoms with Gasteiger partial charge in [-0.05, 0) is 10.4 Å². The van der Waals surface area contributed by atoms with Crippen LogP contribution < -0.4 is 0 Å². The molecule has 1 aliphatic rings. The molecule has 0 radical (unpaired) electrons. The van der Waals surface area contributed by atoms with E-state index in [-0.39, 0.29) is 6.29 Å². The third kappa shape index (κ3) is 1.84. The molecule has 6 heteroatoms. The number of aryl methyl sites for hydroxylation is 1. The Labute approximate surface area is 75.8 Å². The van der Waals surface area contributed by atoms with Gasteiger partial charge in [0.1, 0.15) is 0 Å². The number of hydrogen-bond acceptors (Lipinski definition) is 5. The second-order valence-electron chi connectivity index (χ2n) is 2.80. The molecule has 1 aromatic heterocycles. The Morgan fingerprint density at radius 1 is 1.46 bits per heavy atom. The molecule has 0 aromatic carbocycles. The van der Waals surface area contributed by atoms with Crippen LogP contribution in [-0.2, 0) is 22.4 Å². The minimum atomic E-state index is -0.186. The van der Waals surface area contributed by atoms with E-state index in [1.54, 1.807) is 4.68 Å². The zero-order chi connectivity index (χ0) is 9.10. The average molecular weight is 184 g/mol. The van der Waals surface area contributed by atoms with E-state index in [0.717, 1.165) is 12.2 Å². The molecule has 13 heavy (non-hydrogen) atoms. The molecule has 1 aromatic rings. The van der Waals surface area contributed by atoms with E-state index in [1.165, 1.54) is 0 Å². The predicted molar refractivity (Wildman–Crippen MR) is 42.9 cm³/mol. The van der Waals surface area contributed by atoms with Crippen molar-refractivity contribution in [3.8, 4) is 0 Å². The molecule has 6 nitrogen and oxygen atoms in total. The quantitative estimate of drug-likeness (QED) is 0.640. The molecule has 0 amide bonds. The number of aromatic nitrogens is 4. The van der Waals surface area contributed by atoms with E-state index in [9.17, 15) is 0 Å². The molecule has 1 fully saturated rings. The van der Waals surface area contributed by atoms with E-state index in [4.69, 9.17) is 9.47 Å². The Bertz CT molecular complexity index is 269. The minimum Gasteiger partial charge on any atom is -0.348 e. The van der Waals surface area contributed by atoms with Crippen molar-refractivity contribution in [1.82, 2.24) is 20.2 Å². The largest absolute Gasteiger partial charge is 0.348 e. The number of tetrazole rings is 1. The molecule has 0 aliphatic carbocycles. The van der Waals surface area contributed by atoms with Gasteiger partial charge in [0.15, 0.2) is 12.1 Å². The summed E-state index contributed by atoms with van der Waals surface area (Å²) in [6.07, 6.45) is 0.633. The standard InChI is InChI=1S/C7H12N4O2/c1-2-6-8-9-10-11(6)5-7-12-3-4-13-7/h7H,2-5H2,1H3. The lowest BCUT2D eigenvalue weighted by Gasteiger charge is -2.08. The monoisotopic (exact) mass is 184 g/mol. The Morgan fingerprint density at radius 3 is 2.92 bits per heavy atom. The van der Waals surface area contributed by atoms with E-state index in [2.05, 4.69) is 15.5 Å². The molecule has 72 valence electrons. The lowest BCUT2D eigenvalue weighted by Crippen LogP contribution is -2.19. The van der Waals surface area contributed by atoms with Crippen molar-refractivity contribution in [2.24, 2.45) is 0 Å². The maximum atomic E-state index is 5.29. The Hall–Kier alpha value is -1.01. The van der Waals surface area contributed by atoms with E-state index in [0.29, 0.717) is 19.8 Å². The maximum absolute atomic E-state index is 5.29. The van der Waals surface area contributed by atoms with Crippen molar-refractivity contribution in [3.63, 3.8) is 0 Å². The minimum absolute atomic E-state index is 0.186. The first-order valence-corrected chi connectivity index (χ1v) is 4.38. The van der Waals surface area contributed by atoms with Crippen LogP contribution in [0.25, 0.3) is 0 Å². The molecule has 2 heterocycles. The summed E-state index contributed by atoms with van der Waals surface area (Å²) in [6.45, 7) is 3.91. The molecule has 0 spiro atoms. The molecule has 2 rings (SSSR count). The van der Waals surface area contributed by atoms with Crippen LogP contribution >= 0.6 is 0 Å². The van der Waals surface area contributed by atoms with Crippen LogP contribution in [0.3, 0.4) is 0 Å². The fraction of sp³-hybridized carbons (Fsp3) is 0.857. The van der Waals surface area contributed by atoms with Crippen LogP contribution in [-0.4, -0.2) is 39.7 Å². The lowest BCUT2D eigenvalue weighted by molar-refractivity contribution is -0.0553. The van der Waals surface area contributed by atoms with Gasteiger partial charge >= 0.3 is 0 Å². The van der Waals surface area contributed by atoms with Gasteiger partial charge < -0.3 is 9.47 Å². The van der Waals surface area contributed by atoms with Crippen molar-refractivity contribution < 1.29 is 9.47 Å². The van der Waals surface area contributed by atoms with Crippen LogP contribution in [0.2, 0.25) is 0 Å². The number of hydrogen-bond donors (Lipinski definition) is 0. The highest BCUT2D eigenvalue weighted by molar-refractivity contribution is 4.79. The molecule has 0 N–H and O–H groups in total. The summed E-state index contributed by atoms with van der Waals surface area (Å²) in [5.41, 5.74) is 0. The third-order valence-corrected chi connectivity index (χ3v) is 1.94. The van der Waals surface area contributed by atoms with Gasteiger partial charge in [0.2, 0.25) is 0 Å². The summed E-state index contributed by atoms with van der Waals surface area (Å²) in [4.78, 5) is 0. The van der Waals surface area contributed by atoms with Gasteiger partial charge in [-0.1, -0.05) is 6.92 Å². The molecule has 0 atom stereocenters. The number of rotatable bonds is 3. The molecular formula is C7H12N4O2. The van der Waals surface area contributed by atoms with Crippen molar-refractivity contribution >= 4 is 0 Å². The zero-order valence-electron chi connectivity index (χ0n) is 7.51. The Kier molecular flexibility index (Phi) is 2.51. The van der Waals surface area contributed by atoms with Crippen molar-refractivity contribution in [2.75, 3.05) is 13.2 Å². The molecule has 0 unspecified atom stereocenters. The van der Waals surface area contributed by atoms with Crippen LogP contribution in [0.15, 0.2) is 0 Å². The first-order valence-electron chi connectivity index (χ1n) is 4.38. The van der Waals surface area contributed by atoms with Gasteiger partial charge in [-0.3, -0.25) is 0 Å². The highest BCUT2D eigenvalue weighted by Gasteiger charge is 2.18. The van der Waals surface area contributed by atoms with E-state index < -0.39 is 0 Å². The SMILES string of the molecule is CCc1nnnn1CC1OCCO1. The van der Waals surface area contributed by atoms with Gasteiger partial charge in [0.25, 0.3) is 0 Å². The summed E-state index contributed by atoms with van der Waals surface area (Å²) in [5.74, 6) is 0.860.